The van der Waals surface area contributed by atoms with Crippen molar-refractivity contribution in [2.75, 3.05) is 6.61 Å². The molecule has 0 bridgehead atoms. The van der Waals surface area contributed by atoms with Crippen molar-refractivity contribution in [1.82, 2.24) is 5.32 Å². The van der Waals surface area contributed by atoms with Crippen LogP contribution in [-0.4, -0.2) is 30.3 Å². The summed E-state index contributed by atoms with van der Waals surface area (Å²) in [5.74, 6) is -1.34. The summed E-state index contributed by atoms with van der Waals surface area (Å²) in [5.41, 5.74) is 3.12. The molecule has 164 valence electrons. The Kier molecular flexibility index (Phi) is 7.92. The minimum atomic E-state index is -0.701. The molecule has 0 aromatic heterocycles. The number of amides is 1. The fraction of sp³-hybridized carbons (Fsp3) is 0.222. The summed E-state index contributed by atoms with van der Waals surface area (Å²) >= 11 is 0. The molecule has 3 aromatic rings. The number of hydrogen-bond acceptors (Lipinski definition) is 4. The van der Waals surface area contributed by atoms with E-state index in [-0.39, 0.29) is 28.9 Å². The van der Waals surface area contributed by atoms with Crippen molar-refractivity contribution in [2.24, 2.45) is 0 Å². The van der Waals surface area contributed by atoms with E-state index >= 15 is 0 Å². The van der Waals surface area contributed by atoms with Gasteiger partial charge >= 0.3 is 5.97 Å². The quantitative estimate of drug-likeness (QED) is 0.401. The number of ketones is 1. The van der Waals surface area contributed by atoms with Crippen LogP contribution < -0.4 is 5.32 Å². The van der Waals surface area contributed by atoms with Crippen molar-refractivity contribution in [3.63, 3.8) is 0 Å². The van der Waals surface area contributed by atoms with Gasteiger partial charge in [0, 0.05) is 17.2 Å². The minimum Gasteiger partial charge on any atom is -0.452 e. The van der Waals surface area contributed by atoms with Gasteiger partial charge in [0.15, 0.2) is 12.4 Å². The first-order valence-electron chi connectivity index (χ1n) is 10.6. The molecule has 0 heterocycles. The van der Waals surface area contributed by atoms with Gasteiger partial charge in [0.05, 0.1) is 5.56 Å². The molecule has 5 heteroatoms. The summed E-state index contributed by atoms with van der Waals surface area (Å²) in [6, 6.07) is 23.6. The second kappa shape index (κ2) is 11.0. The molecule has 3 aromatic carbocycles. The molecular formula is C27H27NO4. The van der Waals surface area contributed by atoms with E-state index in [4.69, 9.17) is 4.74 Å². The van der Waals surface area contributed by atoms with E-state index < -0.39 is 12.6 Å². The lowest BCUT2D eigenvalue weighted by Gasteiger charge is -2.14. The first-order chi connectivity index (χ1) is 15.4. The molecule has 0 saturated heterocycles. The maximum Gasteiger partial charge on any atom is 0.339 e. The Morgan fingerprint density at radius 2 is 1.47 bits per heavy atom. The minimum absolute atomic E-state index is 0.0585. The average Bonchev–Trinajstić information content (AvgIpc) is 2.82. The van der Waals surface area contributed by atoms with Gasteiger partial charge in [-0.1, -0.05) is 78.4 Å². The summed E-state index contributed by atoms with van der Waals surface area (Å²) < 4.78 is 5.20. The van der Waals surface area contributed by atoms with Crippen LogP contribution in [0.25, 0.3) is 0 Å². The van der Waals surface area contributed by atoms with Gasteiger partial charge in [0.25, 0.3) is 5.91 Å². The monoisotopic (exact) mass is 429 g/mol. The van der Waals surface area contributed by atoms with E-state index in [1.165, 1.54) is 11.6 Å². The van der Waals surface area contributed by atoms with E-state index in [1.807, 2.05) is 56.3 Å². The van der Waals surface area contributed by atoms with Crippen LogP contribution in [-0.2, 0) is 16.0 Å². The van der Waals surface area contributed by atoms with Crippen molar-refractivity contribution >= 4 is 17.7 Å². The third kappa shape index (κ3) is 6.38. The van der Waals surface area contributed by atoms with Crippen LogP contribution >= 0.6 is 0 Å². The zero-order valence-corrected chi connectivity index (χ0v) is 18.3. The van der Waals surface area contributed by atoms with E-state index in [9.17, 15) is 14.4 Å². The van der Waals surface area contributed by atoms with E-state index in [0.717, 1.165) is 18.4 Å². The molecule has 0 fully saturated rings. The smallest absolute Gasteiger partial charge is 0.339 e. The highest BCUT2D eigenvalue weighted by Crippen LogP contribution is 2.16. The predicted octanol–water partition coefficient (Wildman–Crippen LogP) is 4.52. The highest BCUT2D eigenvalue weighted by atomic mass is 16.5. The molecule has 32 heavy (non-hydrogen) atoms. The van der Waals surface area contributed by atoms with Crippen molar-refractivity contribution in [1.29, 1.82) is 0 Å². The van der Waals surface area contributed by atoms with Gasteiger partial charge in [-0.05, 0) is 38.3 Å². The summed E-state index contributed by atoms with van der Waals surface area (Å²) in [7, 11) is 0. The second-order valence-electron chi connectivity index (χ2n) is 7.81. The van der Waals surface area contributed by atoms with Gasteiger partial charge in [-0.15, -0.1) is 0 Å². The highest BCUT2D eigenvalue weighted by molar-refractivity contribution is 6.14. The third-order valence-electron chi connectivity index (χ3n) is 5.16. The SMILES string of the molecule is Cc1ccc(C(=O)c2ccccc2C(=O)OCC(=O)NC(C)CCc2ccccc2)cc1. The summed E-state index contributed by atoms with van der Waals surface area (Å²) in [5, 5.41) is 2.84. The van der Waals surface area contributed by atoms with Gasteiger partial charge in [-0.2, -0.15) is 0 Å². The summed E-state index contributed by atoms with van der Waals surface area (Å²) in [6.07, 6.45) is 1.62. The number of carbonyl (C=O) groups excluding carboxylic acids is 3. The Labute approximate surface area is 188 Å². The number of aryl methyl sites for hydroxylation is 2. The molecule has 1 unspecified atom stereocenters. The van der Waals surface area contributed by atoms with Crippen LogP contribution in [0.15, 0.2) is 78.9 Å². The van der Waals surface area contributed by atoms with Crippen LogP contribution in [0.2, 0.25) is 0 Å². The van der Waals surface area contributed by atoms with Crippen molar-refractivity contribution < 1.29 is 19.1 Å². The number of rotatable bonds is 9. The molecule has 0 saturated carbocycles. The zero-order chi connectivity index (χ0) is 22.9. The first kappa shape index (κ1) is 22.9. The molecule has 5 nitrogen and oxygen atoms in total. The number of esters is 1. The number of nitrogens with one attached hydrogen (secondary N) is 1. The van der Waals surface area contributed by atoms with Gasteiger partial charge in [0.2, 0.25) is 0 Å². The third-order valence-corrected chi connectivity index (χ3v) is 5.16. The molecule has 1 atom stereocenters. The summed E-state index contributed by atoms with van der Waals surface area (Å²) in [4.78, 5) is 37.7. The molecule has 3 rings (SSSR count). The van der Waals surface area contributed by atoms with Crippen molar-refractivity contribution in [3.05, 3.63) is 107 Å². The lowest BCUT2D eigenvalue weighted by molar-refractivity contribution is -0.124. The molecule has 0 aliphatic rings. The van der Waals surface area contributed by atoms with Crippen molar-refractivity contribution in [3.8, 4) is 0 Å². The Balaban J connectivity index is 1.55. The van der Waals surface area contributed by atoms with Gasteiger partial charge < -0.3 is 10.1 Å². The Morgan fingerprint density at radius 1 is 0.844 bits per heavy atom. The second-order valence-corrected chi connectivity index (χ2v) is 7.81. The lowest BCUT2D eigenvalue weighted by atomic mass is 9.98. The largest absolute Gasteiger partial charge is 0.452 e. The van der Waals surface area contributed by atoms with Crippen LogP contribution in [0.4, 0.5) is 0 Å². The number of carbonyl (C=O) groups is 3. The predicted molar refractivity (Wildman–Crippen MR) is 124 cm³/mol. The Bertz CT molecular complexity index is 1070. The zero-order valence-electron chi connectivity index (χ0n) is 18.3. The standard InChI is InChI=1S/C27H27NO4/c1-19-12-16-22(17-13-19)26(30)23-10-6-7-11-24(23)27(31)32-18-25(29)28-20(2)14-15-21-8-4-3-5-9-21/h3-13,16-17,20H,14-15,18H2,1-2H3,(H,28,29). The van der Waals surface area contributed by atoms with E-state index in [1.54, 1.807) is 30.3 Å². The average molecular weight is 430 g/mol. The number of ether oxygens (including phenoxy) is 1. The fourth-order valence-corrected chi connectivity index (χ4v) is 3.34. The molecule has 0 radical (unpaired) electrons. The molecule has 0 aliphatic heterocycles. The molecular weight excluding hydrogens is 402 g/mol. The topological polar surface area (TPSA) is 72.5 Å². The maximum absolute atomic E-state index is 12.9. The number of hydrogen-bond donors (Lipinski definition) is 1. The fourth-order valence-electron chi connectivity index (χ4n) is 3.34. The normalized spacial score (nSPS) is 11.4. The van der Waals surface area contributed by atoms with Crippen molar-refractivity contribution in [2.45, 2.75) is 32.7 Å². The molecule has 0 spiro atoms. The van der Waals surface area contributed by atoms with Gasteiger partial charge in [-0.3, -0.25) is 9.59 Å². The van der Waals surface area contributed by atoms with Crippen LogP contribution in [0.3, 0.4) is 0 Å². The Morgan fingerprint density at radius 3 is 2.16 bits per heavy atom. The van der Waals surface area contributed by atoms with E-state index in [2.05, 4.69) is 5.32 Å². The van der Waals surface area contributed by atoms with Gasteiger partial charge in [-0.25, -0.2) is 4.79 Å². The Hall–Kier alpha value is -3.73. The molecule has 1 N–H and O–H groups in total. The van der Waals surface area contributed by atoms with Crippen LogP contribution in [0, 0.1) is 6.92 Å². The maximum atomic E-state index is 12.9. The van der Waals surface area contributed by atoms with Crippen LogP contribution in [0.1, 0.15) is 50.8 Å². The summed E-state index contributed by atoms with van der Waals surface area (Å²) in [6.45, 7) is 3.45. The lowest BCUT2D eigenvalue weighted by Crippen LogP contribution is -2.36. The number of benzene rings is 3. The highest BCUT2D eigenvalue weighted by Gasteiger charge is 2.20. The first-order valence-corrected chi connectivity index (χ1v) is 10.6. The van der Waals surface area contributed by atoms with Gasteiger partial charge in [0.1, 0.15) is 0 Å². The van der Waals surface area contributed by atoms with E-state index in [0.29, 0.717) is 5.56 Å². The van der Waals surface area contributed by atoms with Crippen LogP contribution in [0.5, 0.6) is 0 Å². The molecule has 1 amide bonds. The molecule has 0 aliphatic carbocycles.